The van der Waals surface area contributed by atoms with Gasteiger partial charge in [0.05, 0.1) is 4.90 Å². The van der Waals surface area contributed by atoms with Gasteiger partial charge in [-0.25, -0.2) is 17.9 Å². The van der Waals surface area contributed by atoms with E-state index in [4.69, 9.17) is 5.11 Å². The van der Waals surface area contributed by atoms with Crippen LogP contribution < -0.4 is 10.0 Å². The van der Waals surface area contributed by atoms with Crippen LogP contribution in [0, 0.1) is 0 Å². The Morgan fingerprint density at radius 1 is 1.21 bits per heavy atom. The zero-order valence-electron chi connectivity index (χ0n) is 9.84. The van der Waals surface area contributed by atoms with E-state index < -0.39 is 16.1 Å². The summed E-state index contributed by atoms with van der Waals surface area (Å²) in [6, 6.07) is 5.95. The van der Waals surface area contributed by atoms with Crippen molar-refractivity contribution in [1.29, 1.82) is 0 Å². The number of benzene rings is 1. The predicted molar refractivity (Wildman–Crippen MR) is 72.4 cm³/mol. The Bertz CT molecular complexity index is 567. The number of carbonyl (C=O) groups is 1. The predicted octanol–water partition coefficient (Wildman–Crippen LogP) is 1.53. The number of carboxylic acid groups (broad SMARTS) is 1. The maximum atomic E-state index is 12.0. The van der Waals surface area contributed by atoms with Crippen molar-refractivity contribution in [1.82, 2.24) is 10.0 Å². The molecule has 2 rings (SSSR count). The Hall–Kier alpha value is -1.12. The van der Waals surface area contributed by atoms with Gasteiger partial charge in [0.2, 0.25) is 10.0 Å². The van der Waals surface area contributed by atoms with Gasteiger partial charge in [-0.15, -0.1) is 0 Å². The molecule has 8 heteroatoms. The minimum Gasteiger partial charge on any atom is -0.465 e. The first-order valence-corrected chi connectivity index (χ1v) is 7.92. The Labute approximate surface area is 119 Å². The molecular weight excluding hydrogens is 336 g/mol. The minimum atomic E-state index is -3.54. The number of amides is 1. The van der Waals surface area contributed by atoms with Crippen LogP contribution in [0.25, 0.3) is 0 Å². The van der Waals surface area contributed by atoms with Gasteiger partial charge in [0.15, 0.2) is 0 Å². The summed E-state index contributed by atoms with van der Waals surface area (Å²) in [5.74, 6) is 0. The summed E-state index contributed by atoms with van der Waals surface area (Å²) in [7, 11) is -3.54. The third-order valence-electron chi connectivity index (χ3n) is 2.91. The van der Waals surface area contributed by atoms with Gasteiger partial charge < -0.3 is 10.4 Å². The second kappa shape index (κ2) is 5.48. The van der Waals surface area contributed by atoms with Crippen LogP contribution in [0.2, 0.25) is 0 Å². The average molecular weight is 349 g/mol. The van der Waals surface area contributed by atoms with Crippen molar-refractivity contribution in [2.45, 2.75) is 29.8 Å². The van der Waals surface area contributed by atoms with Gasteiger partial charge in [-0.1, -0.05) is 15.9 Å². The summed E-state index contributed by atoms with van der Waals surface area (Å²) in [5.41, 5.74) is 0. The summed E-state index contributed by atoms with van der Waals surface area (Å²) in [6.07, 6.45) is -0.136. The molecule has 1 aliphatic rings. The molecule has 0 unspecified atom stereocenters. The van der Waals surface area contributed by atoms with E-state index in [1.807, 2.05) is 0 Å². The first-order chi connectivity index (χ1) is 8.87. The second-order valence-corrected chi connectivity index (χ2v) is 7.02. The van der Waals surface area contributed by atoms with Crippen LogP contribution in [0.15, 0.2) is 33.6 Å². The first kappa shape index (κ1) is 14.3. The topological polar surface area (TPSA) is 95.5 Å². The Kier molecular flexibility index (Phi) is 4.12. The average Bonchev–Trinajstić information content (AvgIpc) is 2.26. The maximum Gasteiger partial charge on any atom is 0.404 e. The van der Waals surface area contributed by atoms with Crippen molar-refractivity contribution >= 4 is 32.0 Å². The van der Waals surface area contributed by atoms with Crippen molar-refractivity contribution < 1.29 is 18.3 Å². The number of nitrogens with one attached hydrogen (secondary N) is 2. The molecule has 3 N–H and O–H groups in total. The quantitative estimate of drug-likeness (QED) is 0.768. The fourth-order valence-corrected chi connectivity index (χ4v) is 3.43. The summed E-state index contributed by atoms with van der Waals surface area (Å²) in [4.78, 5) is 10.6. The summed E-state index contributed by atoms with van der Waals surface area (Å²) in [5, 5.41) is 10.8. The molecule has 19 heavy (non-hydrogen) atoms. The van der Waals surface area contributed by atoms with Crippen LogP contribution in [0.5, 0.6) is 0 Å². The molecule has 1 aromatic carbocycles. The van der Waals surface area contributed by atoms with E-state index in [2.05, 4.69) is 26.0 Å². The van der Waals surface area contributed by atoms with Gasteiger partial charge in [0, 0.05) is 16.6 Å². The summed E-state index contributed by atoms with van der Waals surface area (Å²) in [6.45, 7) is 0. The van der Waals surface area contributed by atoms with E-state index in [1.54, 1.807) is 12.1 Å². The lowest BCUT2D eigenvalue weighted by molar-refractivity contribution is 0.176. The van der Waals surface area contributed by atoms with Gasteiger partial charge in [0.1, 0.15) is 0 Å². The molecule has 0 atom stereocenters. The number of hydrogen-bond acceptors (Lipinski definition) is 3. The highest BCUT2D eigenvalue weighted by Crippen LogP contribution is 2.23. The van der Waals surface area contributed by atoms with E-state index in [9.17, 15) is 13.2 Å². The molecule has 1 saturated carbocycles. The van der Waals surface area contributed by atoms with E-state index in [-0.39, 0.29) is 17.0 Å². The van der Waals surface area contributed by atoms with Crippen molar-refractivity contribution in [3.8, 4) is 0 Å². The highest BCUT2D eigenvalue weighted by atomic mass is 79.9. The molecule has 1 amide bonds. The van der Waals surface area contributed by atoms with Crippen molar-refractivity contribution in [2.75, 3.05) is 0 Å². The largest absolute Gasteiger partial charge is 0.465 e. The monoisotopic (exact) mass is 348 g/mol. The van der Waals surface area contributed by atoms with Gasteiger partial charge in [-0.05, 0) is 37.1 Å². The third-order valence-corrected chi connectivity index (χ3v) is 4.98. The van der Waals surface area contributed by atoms with Crippen molar-refractivity contribution in [2.24, 2.45) is 0 Å². The minimum absolute atomic E-state index is 0.171. The normalized spacial score (nSPS) is 22.6. The van der Waals surface area contributed by atoms with Crippen LogP contribution in [0.4, 0.5) is 4.79 Å². The van der Waals surface area contributed by atoms with E-state index in [0.29, 0.717) is 12.8 Å². The van der Waals surface area contributed by atoms with Crippen LogP contribution >= 0.6 is 15.9 Å². The fraction of sp³-hybridized carbons (Fsp3) is 0.364. The Morgan fingerprint density at radius 3 is 2.32 bits per heavy atom. The Morgan fingerprint density at radius 2 is 1.79 bits per heavy atom. The molecule has 0 saturated heterocycles. The molecule has 1 fully saturated rings. The molecule has 0 bridgehead atoms. The zero-order valence-corrected chi connectivity index (χ0v) is 12.2. The lowest BCUT2D eigenvalue weighted by atomic mass is 9.88. The molecule has 6 nitrogen and oxygen atoms in total. The second-order valence-electron chi connectivity index (χ2n) is 4.39. The molecule has 0 radical (unpaired) electrons. The molecule has 1 aliphatic carbocycles. The lowest BCUT2D eigenvalue weighted by Gasteiger charge is -2.35. The summed E-state index contributed by atoms with van der Waals surface area (Å²) < 4.78 is 27.4. The SMILES string of the molecule is O=C(O)N[C@H]1C[C@H](NS(=O)(=O)c2ccc(Br)cc2)C1. The first-order valence-electron chi connectivity index (χ1n) is 5.64. The molecule has 0 aliphatic heterocycles. The highest BCUT2D eigenvalue weighted by Gasteiger charge is 2.33. The molecule has 0 aromatic heterocycles. The maximum absolute atomic E-state index is 12.0. The standard InChI is InChI=1S/C11H13BrN2O4S/c12-7-1-3-10(4-2-7)19(17,18)14-9-5-8(6-9)13-11(15)16/h1-4,8-9,13-14H,5-6H2,(H,15,16)/t8-,9-. The molecule has 0 heterocycles. The molecule has 0 spiro atoms. The Balaban J connectivity index is 1.93. The zero-order chi connectivity index (χ0) is 14.0. The van der Waals surface area contributed by atoms with Crippen molar-refractivity contribution in [3.63, 3.8) is 0 Å². The van der Waals surface area contributed by atoms with Gasteiger partial charge in [0.25, 0.3) is 0 Å². The van der Waals surface area contributed by atoms with Gasteiger partial charge in [-0.2, -0.15) is 0 Å². The number of halogens is 1. The molecule has 104 valence electrons. The number of hydrogen-bond donors (Lipinski definition) is 3. The van der Waals surface area contributed by atoms with E-state index >= 15 is 0 Å². The van der Waals surface area contributed by atoms with Crippen LogP contribution in [-0.4, -0.2) is 31.7 Å². The van der Waals surface area contributed by atoms with Crippen LogP contribution in [0.3, 0.4) is 0 Å². The third kappa shape index (κ3) is 3.68. The summed E-state index contributed by atoms with van der Waals surface area (Å²) >= 11 is 3.24. The van der Waals surface area contributed by atoms with Gasteiger partial charge >= 0.3 is 6.09 Å². The number of rotatable bonds is 4. The fourth-order valence-electron chi connectivity index (χ4n) is 1.91. The number of sulfonamides is 1. The highest BCUT2D eigenvalue weighted by molar-refractivity contribution is 9.10. The molecular formula is C11H13BrN2O4S. The van der Waals surface area contributed by atoms with E-state index in [1.165, 1.54) is 12.1 Å². The van der Waals surface area contributed by atoms with Crippen LogP contribution in [0.1, 0.15) is 12.8 Å². The van der Waals surface area contributed by atoms with E-state index in [0.717, 1.165) is 4.47 Å². The molecule has 1 aromatic rings. The van der Waals surface area contributed by atoms with Gasteiger partial charge in [-0.3, -0.25) is 0 Å². The lowest BCUT2D eigenvalue weighted by Crippen LogP contribution is -2.53. The smallest absolute Gasteiger partial charge is 0.404 e. The van der Waals surface area contributed by atoms with Crippen molar-refractivity contribution in [3.05, 3.63) is 28.7 Å². The van der Waals surface area contributed by atoms with Crippen LogP contribution in [-0.2, 0) is 10.0 Å².